The molecule has 0 aliphatic heterocycles. The van der Waals surface area contributed by atoms with E-state index in [0.29, 0.717) is 18.7 Å². The number of hydrogen-bond donors (Lipinski definition) is 2. The van der Waals surface area contributed by atoms with Crippen molar-refractivity contribution in [3.05, 3.63) is 28.0 Å². The molecule has 0 saturated carbocycles. The minimum atomic E-state index is -0.360. The largest absolute Gasteiger partial charge is 0.383 e. The molecule has 1 rings (SSSR count). The summed E-state index contributed by atoms with van der Waals surface area (Å²) in [5.41, 5.74) is 0.291. The van der Waals surface area contributed by atoms with Crippen LogP contribution in [0.5, 0.6) is 0 Å². The summed E-state index contributed by atoms with van der Waals surface area (Å²) in [7, 11) is 1.55. The van der Waals surface area contributed by atoms with E-state index in [1.807, 2.05) is 0 Å². The summed E-state index contributed by atoms with van der Waals surface area (Å²) < 4.78 is 4.80. The number of aromatic nitrogens is 1. The molecule has 2 amide bonds. The Balaban J connectivity index is 2.32. The van der Waals surface area contributed by atoms with Crippen LogP contribution in [-0.2, 0) is 9.53 Å². The standard InChI is InChI=1S/C12H15Cl2N3O3/c1-20-5-4-15-10(18)2-3-16-12(19)8-6-9(13)11(14)17-7-8/h6-7H,2-5H2,1H3,(H,15,18)(H,16,19). The second-order valence-electron chi connectivity index (χ2n) is 3.85. The summed E-state index contributed by atoms with van der Waals surface area (Å²) in [6.45, 7) is 1.12. The van der Waals surface area contributed by atoms with Gasteiger partial charge in [-0.25, -0.2) is 4.98 Å². The smallest absolute Gasteiger partial charge is 0.252 e. The van der Waals surface area contributed by atoms with Crippen molar-refractivity contribution in [3.63, 3.8) is 0 Å². The number of pyridine rings is 1. The molecule has 0 spiro atoms. The maximum atomic E-state index is 11.7. The highest BCUT2D eigenvalue weighted by atomic mass is 35.5. The maximum absolute atomic E-state index is 11.7. The minimum Gasteiger partial charge on any atom is -0.383 e. The molecule has 0 saturated heterocycles. The quantitative estimate of drug-likeness (QED) is 0.586. The van der Waals surface area contributed by atoms with E-state index in [0.717, 1.165) is 0 Å². The van der Waals surface area contributed by atoms with Crippen molar-refractivity contribution in [3.8, 4) is 0 Å². The van der Waals surface area contributed by atoms with Gasteiger partial charge in [-0.05, 0) is 6.07 Å². The summed E-state index contributed by atoms with van der Waals surface area (Å²) >= 11 is 11.4. The summed E-state index contributed by atoms with van der Waals surface area (Å²) in [4.78, 5) is 26.9. The first kappa shape index (κ1) is 16.7. The van der Waals surface area contributed by atoms with Crippen LogP contribution in [0, 0.1) is 0 Å². The monoisotopic (exact) mass is 319 g/mol. The van der Waals surface area contributed by atoms with Crippen molar-refractivity contribution in [1.29, 1.82) is 0 Å². The molecule has 0 aliphatic carbocycles. The van der Waals surface area contributed by atoms with E-state index in [1.165, 1.54) is 12.3 Å². The Morgan fingerprint density at radius 1 is 1.30 bits per heavy atom. The number of rotatable bonds is 7. The lowest BCUT2D eigenvalue weighted by molar-refractivity contribution is -0.121. The van der Waals surface area contributed by atoms with Gasteiger partial charge in [0.15, 0.2) is 0 Å². The lowest BCUT2D eigenvalue weighted by Gasteiger charge is -2.06. The zero-order valence-electron chi connectivity index (χ0n) is 10.9. The third-order valence-electron chi connectivity index (χ3n) is 2.32. The molecule has 20 heavy (non-hydrogen) atoms. The van der Waals surface area contributed by atoms with Gasteiger partial charge < -0.3 is 15.4 Å². The second kappa shape index (κ2) is 8.73. The fraction of sp³-hybridized carbons (Fsp3) is 0.417. The first-order chi connectivity index (χ1) is 9.54. The molecule has 6 nitrogen and oxygen atoms in total. The molecule has 1 aromatic rings. The van der Waals surface area contributed by atoms with Crippen molar-refractivity contribution in [2.75, 3.05) is 26.8 Å². The second-order valence-corrected chi connectivity index (χ2v) is 4.61. The Morgan fingerprint density at radius 2 is 2.05 bits per heavy atom. The van der Waals surface area contributed by atoms with Crippen LogP contribution < -0.4 is 10.6 Å². The lowest BCUT2D eigenvalue weighted by Crippen LogP contribution is -2.32. The molecule has 0 aromatic carbocycles. The van der Waals surface area contributed by atoms with E-state index in [4.69, 9.17) is 27.9 Å². The summed E-state index contributed by atoms with van der Waals surface area (Å²) in [5, 5.41) is 5.59. The van der Waals surface area contributed by atoms with Crippen molar-refractivity contribution in [2.45, 2.75) is 6.42 Å². The summed E-state index contributed by atoms with van der Waals surface area (Å²) in [6, 6.07) is 1.42. The average molecular weight is 320 g/mol. The number of halogens is 2. The van der Waals surface area contributed by atoms with Crippen molar-refractivity contribution in [1.82, 2.24) is 15.6 Å². The molecule has 0 aliphatic rings. The van der Waals surface area contributed by atoms with Gasteiger partial charge in [-0.3, -0.25) is 9.59 Å². The fourth-order valence-electron chi connectivity index (χ4n) is 1.32. The maximum Gasteiger partial charge on any atom is 0.252 e. The van der Waals surface area contributed by atoms with Crippen molar-refractivity contribution < 1.29 is 14.3 Å². The van der Waals surface area contributed by atoms with Crippen LogP contribution in [0.4, 0.5) is 0 Å². The number of carbonyl (C=O) groups is 2. The van der Waals surface area contributed by atoms with E-state index in [1.54, 1.807) is 7.11 Å². The molecule has 0 radical (unpaired) electrons. The van der Waals surface area contributed by atoms with E-state index in [2.05, 4.69) is 15.6 Å². The third-order valence-corrected chi connectivity index (χ3v) is 3.01. The predicted molar refractivity (Wildman–Crippen MR) is 76.1 cm³/mol. The Bertz CT molecular complexity index is 483. The lowest BCUT2D eigenvalue weighted by atomic mass is 10.2. The molecule has 0 bridgehead atoms. The zero-order valence-corrected chi connectivity index (χ0v) is 12.4. The van der Waals surface area contributed by atoms with Gasteiger partial charge in [0.05, 0.1) is 17.2 Å². The van der Waals surface area contributed by atoms with E-state index in [-0.39, 0.29) is 35.0 Å². The zero-order chi connectivity index (χ0) is 15.0. The number of hydrogen-bond acceptors (Lipinski definition) is 4. The third kappa shape index (κ3) is 5.73. The Hall–Kier alpha value is -1.37. The topological polar surface area (TPSA) is 80.3 Å². The Kier molecular flexibility index (Phi) is 7.28. The average Bonchev–Trinajstić information content (AvgIpc) is 2.42. The molecule has 0 fully saturated rings. The van der Waals surface area contributed by atoms with Gasteiger partial charge in [0.25, 0.3) is 5.91 Å². The predicted octanol–water partition coefficient (Wildman–Crippen LogP) is 1.27. The summed E-state index contributed by atoms with van der Waals surface area (Å²) in [6.07, 6.45) is 1.51. The van der Waals surface area contributed by atoms with Crippen LogP contribution in [0.2, 0.25) is 10.2 Å². The van der Waals surface area contributed by atoms with Gasteiger partial charge in [0.2, 0.25) is 5.91 Å². The molecule has 0 atom stereocenters. The molecule has 1 aromatic heterocycles. The number of ether oxygens (including phenoxy) is 1. The highest BCUT2D eigenvalue weighted by Gasteiger charge is 2.09. The van der Waals surface area contributed by atoms with E-state index >= 15 is 0 Å². The molecule has 0 unspecified atom stereocenters. The van der Waals surface area contributed by atoms with Crippen LogP contribution >= 0.6 is 23.2 Å². The number of nitrogens with one attached hydrogen (secondary N) is 2. The number of carbonyl (C=O) groups excluding carboxylic acids is 2. The van der Waals surface area contributed by atoms with Gasteiger partial charge in [-0.15, -0.1) is 0 Å². The molecule has 2 N–H and O–H groups in total. The van der Waals surface area contributed by atoms with Gasteiger partial charge >= 0.3 is 0 Å². The number of nitrogens with zero attached hydrogens (tertiary/aromatic N) is 1. The molecular weight excluding hydrogens is 305 g/mol. The van der Waals surface area contributed by atoms with Crippen LogP contribution in [0.25, 0.3) is 0 Å². The molecular formula is C12H15Cl2N3O3. The normalized spacial score (nSPS) is 10.2. The SMILES string of the molecule is COCCNC(=O)CCNC(=O)c1cnc(Cl)c(Cl)c1. The van der Waals surface area contributed by atoms with Crippen LogP contribution in [0.3, 0.4) is 0 Å². The van der Waals surface area contributed by atoms with Gasteiger partial charge in [0.1, 0.15) is 5.15 Å². The Morgan fingerprint density at radius 3 is 2.70 bits per heavy atom. The van der Waals surface area contributed by atoms with Crippen LogP contribution in [0.15, 0.2) is 12.3 Å². The van der Waals surface area contributed by atoms with Crippen molar-refractivity contribution >= 4 is 35.0 Å². The van der Waals surface area contributed by atoms with Gasteiger partial charge in [-0.2, -0.15) is 0 Å². The van der Waals surface area contributed by atoms with Crippen LogP contribution in [0.1, 0.15) is 16.8 Å². The van der Waals surface area contributed by atoms with Gasteiger partial charge in [-0.1, -0.05) is 23.2 Å². The highest BCUT2D eigenvalue weighted by molar-refractivity contribution is 6.41. The van der Waals surface area contributed by atoms with E-state index < -0.39 is 0 Å². The molecule has 8 heteroatoms. The number of amides is 2. The Labute approximate surface area is 126 Å². The first-order valence-corrected chi connectivity index (χ1v) is 6.65. The molecule has 1 heterocycles. The van der Waals surface area contributed by atoms with Crippen molar-refractivity contribution in [2.24, 2.45) is 0 Å². The van der Waals surface area contributed by atoms with E-state index in [9.17, 15) is 9.59 Å². The summed E-state index contributed by atoms with van der Waals surface area (Å²) in [5.74, 6) is -0.518. The minimum absolute atomic E-state index is 0.140. The van der Waals surface area contributed by atoms with Gasteiger partial charge in [0, 0.05) is 32.8 Å². The fourth-order valence-corrected chi connectivity index (χ4v) is 1.59. The first-order valence-electron chi connectivity index (χ1n) is 5.89. The number of methoxy groups -OCH3 is 1. The van der Waals surface area contributed by atoms with Crippen LogP contribution in [-0.4, -0.2) is 43.6 Å². The highest BCUT2D eigenvalue weighted by Crippen LogP contribution is 2.19. The molecule has 110 valence electrons.